The molecule has 0 saturated heterocycles. The van der Waals surface area contributed by atoms with Crippen LogP contribution in [0.1, 0.15) is 26.3 Å². The first kappa shape index (κ1) is 13.1. The van der Waals surface area contributed by atoms with Gasteiger partial charge in [0.15, 0.2) is 0 Å². The average molecular weight is 286 g/mol. The highest BCUT2D eigenvalue weighted by Crippen LogP contribution is 2.41. The second-order valence-electron chi connectivity index (χ2n) is 6.06. The molecule has 0 fully saturated rings. The summed E-state index contributed by atoms with van der Waals surface area (Å²) in [5.74, 6) is 0.610. The third-order valence-electron chi connectivity index (χ3n) is 3.45. The van der Waals surface area contributed by atoms with Gasteiger partial charge in [0.2, 0.25) is 0 Å². The maximum Gasteiger partial charge on any atom is 0.132 e. The minimum Gasteiger partial charge on any atom is -0.383 e. The molecule has 4 nitrogen and oxygen atoms in total. The number of anilines is 1. The summed E-state index contributed by atoms with van der Waals surface area (Å²) in [6.07, 6.45) is 5.71. The highest BCUT2D eigenvalue weighted by Gasteiger charge is 2.22. The van der Waals surface area contributed by atoms with E-state index >= 15 is 0 Å². The molecular formula is C15H18N4S. The Bertz CT molecular complexity index is 777. The van der Waals surface area contributed by atoms with Gasteiger partial charge in [-0.05, 0) is 16.4 Å². The molecule has 3 aromatic rings. The molecule has 0 aromatic carbocycles. The maximum atomic E-state index is 6.13. The van der Waals surface area contributed by atoms with Gasteiger partial charge in [-0.1, -0.05) is 20.8 Å². The van der Waals surface area contributed by atoms with Gasteiger partial charge in [-0.15, -0.1) is 11.3 Å². The van der Waals surface area contributed by atoms with Crippen LogP contribution in [0, 0.1) is 0 Å². The van der Waals surface area contributed by atoms with Crippen LogP contribution in [-0.2, 0) is 12.5 Å². The van der Waals surface area contributed by atoms with Gasteiger partial charge >= 0.3 is 0 Å². The molecule has 0 spiro atoms. The second-order valence-corrected chi connectivity index (χ2v) is 6.94. The predicted octanol–water partition coefficient (Wildman–Crippen LogP) is 3.58. The van der Waals surface area contributed by atoms with Crippen molar-refractivity contribution in [3.63, 3.8) is 0 Å². The Morgan fingerprint density at radius 2 is 2.00 bits per heavy atom. The quantitative estimate of drug-likeness (QED) is 0.744. The van der Waals surface area contributed by atoms with Crippen molar-refractivity contribution in [2.75, 3.05) is 5.73 Å². The van der Waals surface area contributed by atoms with E-state index in [0.29, 0.717) is 5.82 Å². The maximum absolute atomic E-state index is 6.13. The highest BCUT2D eigenvalue weighted by atomic mass is 32.1. The number of thiophene rings is 1. The molecule has 0 atom stereocenters. The number of nitrogens with zero attached hydrogens (tertiary/aromatic N) is 3. The summed E-state index contributed by atoms with van der Waals surface area (Å²) in [5.41, 5.74) is 9.62. The zero-order valence-corrected chi connectivity index (χ0v) is 13.0. The van der Waals surface area contributed by atoms with Crippen LogP contribution in [0.5, 0.6) is 0 Å². The van der Waals surface area contributed by atoms with E-state index in [1.807, 2.05) is 25.6 Å². The molecule has 3 aromatic heterocycles. The smallest absolute Gasteiger partial charge is 0.132 e. The van der Waals surface area contributed by atoms with E-state index in [9.17, 15) is 0 Å². The lowest BCUT2D eigenvalue weighted by molar-refractivity contribution is 0.598. The monoisotopic (exact) mass is 286 g/mol. The standard InChI is InChI=1S/C15H18N4S/c1-15(2,3)11-8-20-13-10(6-17-14(16)12(11)13)9-5-18-19(4)7-9/h5-8H,1-4H3,(H2,16,17). The minimum absolute atomic E-state index is 0.0572. The topological polar surface area (TPSA) is 56.7 Å². The summed E-state index contributed by atoms with van der Waals surface area (Å²) in [4.78, 5) is 4.39. The van der Waals surface area contributed by atoms with Crippen LogP contribution in [0.3, 0.4) is 0 Å². The number of fused-ring (bicyclic) bond motifs is 1. The summed E-state index contributed by atoms with van der Waals surface area (Å²) in [6.45, 7) is 6.60. The first-order valence-electron chi connectivity index (χ1n) is 6.53. The lowest BCUT2D eigenvalue weighted by atomic mass is 9.86. The van der Waals surface area contributed by atoms with Crippen LogP contribution in [0.2, 0.25) is 0 Å². The molecule has 20 heavy (non-hydrogen) atoms. The van der Waals surface area contributed by atoms with Gasteiger partial charge in [0, 0.05) is 40.7 Å². The van der Waals surface area contributed by atoms with E-state index < -0.39 is 0 Å². The summed E-state index contributed by atoms with van der Waals surface area (Å²) < 4.78 is 2.99. The molecule has 0 amide bonds. The van der Waals surface area contributed by atoms with Crippen LogP contribution in [0.15, 0.2) is 24.0 Å². The number of rotatable bonds is 1. The lowest BCUT2D eigenvalue weighted by Gasteiger charge is -2.18. The Morgan fingerprint density at radius 1 is 1.25 bits per heavy atom. The van der Waals surface area contributed by atoms with E-state index in [4.69, 9.17) is 5.73 Å². The molecule has 0 radical (unpaired) electrons. The Labute approximate surface area is 122 Å². The summed E-state index contributed by atoms with van der Waals surface area (Å²) in [6, 6.07) is 0. The number of aryl methyl sites for hydroxylation is 1. The molecule has 3 heterocycles. The lowest BCUT2D eigenvalue weighted by Crippen LogP contribution is -2.10. The van der Waals surface area contributed by atoms with Crippen molar-refractivity contribution in [1.82, 2.24) is 14.8 Å². The Hall–Kier alpha value is -1.88. The van der Waals surface area contributed by atoms with Gasteiger partial charge in [0.25, 0.3) is 0 Å². The molecule has 0 saturated carbocycles. The van der Waals surface area contributed by atoms with Crippen LogP contribution >= 0.6 is 11.3 Å². The van der Waals surface area contributed by atoms with Gasteiger partial charge in [-0.3, -0.25) is 4.68 Å². The molecule has 3 rings (SSSR count). The van der Waals surface area contributed by atoms with E-state index in [-0.39, 0.29) is 5.41 Å². The zero-order chi connectivity index (χ0) is 14.5. The molecule has 0 aliphatic carbocycles. The van der Waals surface area contributed by atoms with E-state index in [1.54, 1.807) is 16.0 Å². The van der Waals surface area contributed by atoms with Crippen molar-refractivity contribution in [3.05, 3.63) is 29.5 Å². The van der Waals surface area contributed by atoms with Gasteiger partial charge in [-0.25, -0.2) is 4.98 Å². The fourth-order valence-electron chi connectivity index (χ4n) is 2.39. The second kappa shape index (κ2) is 4.31. The number of nitrogens with two attached hydrogens (primary N) is 1. The van der Waals surface area contributed by atoms with Crippen LogP contribution < -0.4 is 5.73 Å². The van der Waals surface area contributed by atoms with Crippen LogP contribution in [-0.4, -0.2) is 14.8 Å². The van der Waals surface area contributed by atoms with Crippen LogP contribution in [0.25, 0.3) is 21.2 Å². The number of hydrogen-bond donors (Lipinski definition) is 1. The van der Waals surface area contributed by atoms with Crippen molar-refractivity contribution < 1.29 is 0 Å². The molecule has 0 unspecified atom stereocenters. The van der Waals surface area contributed by atoms with Gasteiger partial charge in [0.05, 0.1) is 6.20 Å². The normalized spacial score (nSPS) is 12.2. The molecule has 0 aliphatic heterocycles. The number of hydrogen-bond acceptors (Lipinski definition) is 4. The molecule has 0 aliphatic rings. The molecule has 0 bridgehead atoms. The van der Waals surface area contributed by atoms with Crippen LogP contribution in [0.4, 0.5) is 5.82 Å². The average Bonchev–Trinajstić information content (AvgIpc) is 2.95. The third-order valence-corrected chi connectivity index (χ3v) is 4.46. The van der Waals surface area contributed by atoms with E-state index in [2.05, 4.69) is 36.2 Å². The summed E-state index contributed by atoms with van der Waals surface area (Å²) in [7, 11) is 1.92. The number of aromatic nitrogens is 3. The fourth-order valence-corrected chi connectivity index (χ4v) is 3.72. The van der Waals surface area contributed by atoms with Crippen molar-refractivity contribution in [2.24, 2.45) is 7.05 Å². The van der Waals surface area contributed by atoms with E-state index in [1.165, 1.54) is 10.3 Å². The first-order chi connectivity index (χ1) is 9.38. The van der Waals surface area contributed by atoms with Crippen molar-refractivity contribution in [2.45, 2.75) is 26.2 Å². The Morgan fingerprint density at radius 3 is 2.60 bits per heavy atom. The molecule has 2 N–H and O–H groups in total. The summed E-state index contributed by atoms with van der Waals surface area (Å²) >= 11 is 1.73. The van der Waals surface area contributed by atoms with Gasteiger partial charge in [0.1, 0.15) is 5.82 Å². The predicted molar refractivity (Wildman–Crippen MR) is 84.9 cm³/mol. The zero-order valence-electron chi connectivity index (χ0n) is 12.1. The number of pyridine rings is 1. The highest BCUT2D eigenvalue weighted by molar-refractivity contribution is 7.18. The minimum atomic E-state index is 0.0572. The molecule has 5 heteroatoms. The summed E-state index contributed by atoms with van der Waals surface area (Å²) in [5, 5.41) is 7.52. The third kappa shape index (κ3) is 1.98. The van der Waals surface area contributed by atoms with Crippen molar-refractivity contribution >= 4 is 27.2 Å². The number of nitrogen functional groups attached to an aromatic ring is 1. The first-order valence-corrected chi connectivity index (χ1v) is 7.41. The van der Waals surface area contributed by atoms with Gasteiger partial charge < -0.3 is 5.73 Å². The molecular weight excluding hydrogens is 268 g/mol. The largest absolute Gasteiger partial charge is 0.383 e. The van der Waals surface area contributed by atoms with E-state index in [0.717, 1.165) is 16.5 Å². The van der Waals surface area contributed by atoms with Crippen molar-refractivity contribution in [3.8, 4) is 11.1 Å². The Kier molecular flexibility index (Phi) is 2.83. The fraction of sp³-hybridized carbons (Fsp3) is 0.333. The van der Waals surface area contributed by atoms with Crippen molar-refractivity contribution in [1.29, 1.82) is 0 Å². The Balaban J connectivity index is 2.32. The van der Waals surface area contributed by atoms with Gasteiger partial charge in [-0.2, -0.15) is 5.10 Å². The SMILES string of the molecule is Cn1cc(-c2cnc(N)c3c(C(C)(C)C)csc23)cn1. The molecule has 104 valence electrons.